The maximum Gasteiger partial charge on any atom is 0.0468 e. The third-order valence-electron chi connectivity index (χ3n) is 3.08. The fourth-order valence-electron chi connectivity index (χ4n) is 1.99. The monoisotopic (exact) mass is 200 g/mol. The van der Waals surface area contributed by atoms with Crippen LogP contribution in [0.3, 0.4) is 0 Å². The Bertz CT molecular complexity index is 135. The van der Waals surface area contributed by atoms with Gasteiger partial charge in [-0.05, 0) is 25.2 Å². The van der Waals surface area contributed by atoms with Crippen LogP contribution in [0.2, 0.25) is 0 Å². The summed E-state index contributed by atoms with van der Waals surface area (Å²) >= 11 is 0. The summed E-state index contributed by atoms with van der Waals surface area (Å²) in [5.74, 6) is 0.901. The molecule has 1 saturated heterocycles. The summed E-state index contributed by atoms with van der Waals surface area (Å²) in [5, 5.41) is 0. The lowest BCUT2D eigenvalue weighted by Gasteiger charge is -2.21. The Labute approximate surface area is 87.2 Å². The Balaban J connectivity index is 1.92. The van der Waals surface area contributed by atoms with Crippen LogP contribution < -0.4 is 11.5 Å². The maximum absolute atomic E-state index is 5.75. The lowest BCUT2D eigenvalue weighted by molar-refractivity contribution is 0.0631. The van der Waals surface area contributed by atoms with Crippen LogP contribution in [0.4, 0.5) is 0 Å². The topological polar surface area (TPSA) is 61.3 Å². The molecule has 3 heteroatoms. The van der Waals surface area contributed by atoms with E-state index in [1.165, 1.54) is 32.1 Å². The van der Waals surface area contributed by atoms with Gasteiger partial charge < -0.3 is 16.2 Å². The number of unbranched alkanes of at least 4 members (excludes halogenated alkanes) is 1. The van der Waals surface area contributed by atoms with E-state index in [1.54, 1.807) is 0 Å². The van der Waals surface area contributed by atoms with E-state index in [9.17, 15) is 0 Å². The predicted molar refractivity (Wildman–Crippen MR) is 59.0 cm³/mol. The number of rotatable bonds is 6. The molecule has 3 nitrogen and oxygen atoms in total. The molecule has 1 aliphatic heterocycles. The second-order valence-electron chi connectivity index (χ2n) is 4.34. The van der Waals surface area contributed by atoms with Crippen molar-refractivity contribution in [3.8, 4) is 0 Å². The summed E-state index contributed by atoms with van der Waals surface area (Å²) in [7, 11) is 0. The molecule has 1 aliphatic rings. The molecule has 0 saturated carbocycles. The van der Waals surface area contributed by atoms with E-state index < -0.39 is 0 Å². The fourth-order valence-corrected chi connectivity index (χ4v) is 1.99. The van der Waals surface area contributed by atoms with Crippen molar-refractivity contribution in [1.29, 1.82) is 0 Å². The van der Waals surface area contributed by atoms with Gasteiger partial charge in [-0.25, -0.2) is 0 Å². The molecule has 1 heterocycles. The fraction of sp³-hybridized carbons (Fsp3) is 1.00. The molecule has 0 amide bonds. The van der Waals surface area contributed by atoms with Gasteiger partial charge in [-0.3, -0.25) is 0 Å². The quantitative estimate of drug-likeness (QED) is 0.635. The van der Waals surface area contributed by atoms with E-state index in [4.69, 9.17) is 16.2 Å². The van der Waals surface area contributed by atoms with Crippen LogP contribution in [-0.2, 0) is 4.74 Å². The van der Waals surface area contributed by atoms with Crippen molar-refractivity contribution in [2.24, 2.45) is 17.4 Å². The third-order valence-corrected chi connectivity index (χ3v) is 3.08. The minimum atomic E-state index is 0.213. The van der Waals surface area contributed by atoms with Gasteiger partial charge in [-0.2, -0.15) is 0 Å². The van der Waals surface area contributed by atoms with Gasteiger partial charge in [-0.15, -0.1) is 0 Å². The lowest BCUT2D eigenvalue weighted by atomic mass is 9.93. The van der Waals surface area contributed by atoms with Crippen molar-refractivity contribution in [2.45, 2.75) is 44.6 Å². The van der Waals surface area contributed by atoms with Crippen molar-refractivity contribution >= 4 is 0 Å². The van der Waals surface area contributed by atoms with Gasteiger partial charge >= 0.3 is 0 Å². The minimum Gasteiger partial charge on any atom is -0.381 e. The zero-order valence-corrected chi connectivity index (χ0v) is 9.08. The third kappa shape index (κ3) is 4.94. The average molecular weight is 200 g/mol. The van der Waals surface area contributed by atoms with Crippen molar-refractivity contribution < 1.29 is 4.74 Å². The first-order chi connectivity index (χ1) is 6.83. The predicted octanol–water partition coefficient (Wildman–Crippen LogP) is 1.26. The number of hydrogen-bond acceptors (Lipinski definition) is 3. The number of nitrogens with two attached hydrogens (primary N) is 2. The summed E-state index contributed by atoms with van der Waals surface area (Å²) < 4.78 is 5.33. The van der Waals surface area contributed by atoms with E-state index in [1.807, 2.05) is 0 Å². The highest BCUT2D eigenvalue weighted by atomic mass is 16.5. The molecule has 84 valence electrons. The molecule has 1 rings (SSSR count). The van der Waals surface area contributed by atoms with Gasteiger partial charge in [0.2, 0.25) is 0 Å². The number of hydrogen-bond donors (Lipinski definition) is 2. The molecular weight excluding hydrogens is 176 g/mol. The molecule has 0 aliphatic carbocycles. The Kier molecular flexibility index (Phi) is 6.15. The van der Waals surface area contributed by atoms with Crippen LogP contribution in [-0.4, -0.2) is 25.8 Å². The average Bonchev–Trinajstić information content (AvgIpc) is 2.25. The molecule has 0 radical (unpaired) electrons. The van der Waals surface area contributed by atoms with Crippen LogP contribution in [0.1, 0.15) is 38.5 Å². The van der Waals surface area contributed by atoms with Crippen LogP contribution in [0.5, 0.6) is 0 Å². The maximum atomic E-state index is 5.75. The first-order valence-electron chi connectivity index (χ1n) is 5.86. The van der Waals surface area contributed by atoms with Crippen molar-refractivity contribution in [1.82, 2.24) is 0 Å². The van der Waals surface area contributed by atoms with Crippen molar-refractivity contribution in [3.63, 3.8) is 0 Å². The molecular formula is C11H24N2O. The zero-order valence-electron chi connectivity index (χ0n) is 9.08. The Morgan fingerprint density at radius 1 is 1.21 bits per heavy atom. The minimum absolute atomic E-state index is 0.213. The zero-order chi connectivity index (χ0) is 10.2. The molecule has 0 aromatic rings. The number of ether oxygens (including phenoxy) is 1. The van der Waals surface area contributed by atoms with Gasteiger partial charge in [0.1, 0.15) is 0 Å². The first-order valence-corrected chi connectivity index (χ1v) is 5.86. The van der Waals surface area contributed by atoms with Gasteiger partial charge in [0.25, 0.3) is 0 Å². The summed E-state index contributed by atoms with van der Waals surface area (Å²) in [6.07, 6.45) is 7.47. The van der Waals surface area contributed by atoms with E-state index >= 15 is 0 Å². The summed E-state index contributed by atoms with van der Waals surface area (Å²) in [6, 6.07) is 0.213. The second-order valence-corrected chi connectivity index (χ2v) is 4.34. The van der Waals surface area contributed by atoms with Crippen molar-refractivity contribution in [2.75, 3.05) is 19.8 Å². The van der Waals surface area contributed by atoms with Crippen molar-refractivity contribution in [3.05, 3.63) is 0 Å². The second kappa shape index (κ2) is 7.21. The molecule has 0 bridgehead atoms. The van der Waals surface area contributed by atoms with Crippen LogP contribution >= 0.6 is 0 Å². The highest BCUT2D eigenvalue weighted by Crippen LogP contribution is 2.21. The van der Waals surface area contributed by atoms with Gasteiger partial charge in [-0.1, -0.05) is 19.3 Å². The van der Waals surface area contributed by atoms with Gasteiger partial charge in [0.05, 0.1) is 0 Å². The molecule has 4 N–H and O–H groups in total. The molecule has 1 fully saturated rings. The van der Waals surface area contributed by atoms with E-state index in [0.717, 1.165) is 25.6 Å². The molecule has 0 aromatic heterocycles. The van der Waals surface area contributed by atoms with E-state index in [2.05, 4.69) is 0 Å². The summed E-state index contributed by atoms with van der Waals surface area (Å²) in [6.45, 7) is 2.55. The molecule has 0 spiro atoms. The van der Waals surface area contributed by atoms with Crippen LogP contribution in [0.25, 0.3) is 0 Å². The van der Waals surface area contributed by atoms with E-state index in [0.29, 0.717) is 6.54 Å². The van der Waals surface area contributed by atoms with Crippen LogP contribution in [0, 0.1) is 5.92 Å². The summed E-state index contributed by atoms with van der Waals surface area (Å²) in [4.78, 5) is 0. The highest BCUT2D eigenvalue weighted by molar-refractivity contribution is 4.65. The Morgan fingerprint density at radius 2 is 1.93 bits per heavy atom. The SMILES string of the molecule is NCC(N)CCCCC1CCOCC1. The Morgan fingerprint density at radius 3 is 2.57 bits per heavy atom. The van der Waals surface area contributed by atoms with E-state index in [-0.39, 0.29) is 6.04 Å². The van der Waals surface area contributed by atoms with Crippen LogP contribution in [0.15, 0.2) is 0 Å². The smallest absolute Gasteiger partial charge is 0.0468 e. The largest absolute Gasteiger partial charge is 0.381 e. The lowest BCUT2D eigenvalue weighted by Crippen LogP contribution is -2.29. The standard InChI is InChI=1S/C11H24N2O/c12-9-11(13)4-2-1-3-10-5-7-14-8-6-10/h10-11H,1-9,12-13H2. The first kappa shape index (κ1) is 12.0. The molecule has 0 aromatic carbocycles. The Hall–Kier alpha value is -0.120. The van der Waals surface area contributed by atoms with Gasteiger partial charge in [0.15, 0.2) is 0 Å². The highest BCUT2D eigenvalue weighted by Gasteiger charge is 2.12. The molecule has 14 heavy (non-hydrogen) atoms. The molecule has 1 unspecified atom stereocenters. The molecule has 1 atom stereocenters. The normalized spacial score (nSPS) is 21.0. The summed E-state index contributed by atoms with van der Waals surface area (Å²) in [5.41, 5.74) is 11.2. The van der Waals surface area contributed by atoms with Gasteiger partial charge in [0, 0.05) is 25.8 Å².